The highest BCUT2D eigenvalue weighted by atomic mass is 32.2. The minimum absolute atomic E-state index is 0.101. The van der Waals surface area contributed by atoms with Crippen LogP contribution in [-0.2, 0) is 59.1 Å². The highest BCUT2D eigenvalue weighted by Crippen LogP contribution is 2.16. The fourth-order valence-electron chi connectivity index (χ4n) is 8.01. The van der Waals surface area contributed by atoms with Crippen molar-refractivity contribution in [3.05, 3.63) is 419 Å². The van der Waals surface area contributed by atoms with Gasteiger partial charge in [0.1, 0.15) is 24.8 Å². The number of pyridine rings is 12. The van der Waals surface area contributed by atoms with Crippen LogP contribution in [0.25, 0.3) is 17.0 Å². The Labute approximate surface area is 738 Å². The third-order valence-electron chi connectivity index (χ3n) is 13.9. The lowest BCUT2D eigenvalue weighted by atomic mass is 10.2. The number of aromatic nitrogens is 12. The topological polar surface area (TPSA) is 544 Å². The van der Waals surface area contributed by atoms with Crippen LogP contribution in [-0.4, -0.2) is 140 Å². The quantitative estimate of drug-likeness (QED) is 0.00513. The van der Waals surface area contributed by atoms with E-state index in [1.54, 1.807) is 184 Å². The number of benzene rings is 1. The Morgan fingerprint density at radius 1 is 0.528 bits per heavy atom. The van der Waals surface area contributed by atoms with Crippen molar-refractivity contribution in [2.45, 2.75) is 44.1 Å². The van der Waals surface area contributed by atoms with E-state index < -0.39 is 28.7 Å². The summed E-state index contributed by atoms with van der Waals surface area (Å²) >= 11 is 2.34. The number of hydrogen-bond donors (Lipinski definition) is 5. The number of thioether (sulfide) groups is 1. The molecule has 0 aliphatic carbocycles. The van der Waals surface area contributed by atoms with Crippen molar-refractivity contribution in [3.63, 3.8) is 0 Å². The number of aliphatic carboxylic acids is 2. The molecule has 13 aromatic rings. The number of amides is 1. The number of carboxylic acids is 3. The second kappa shape index (κ2) is 70.6. The van der Waals surface area contributed by atoms with Crippen LogP contribution < -0.4 is 5.73 Å². The van der Waals surface area contributed by atoms with Gasteiger partial charge in [-0.05, 0) is 180 Å². The van der Waals surface area contributed by atoms with Crippen molar-refractivity contribution in [2.75, 3.05) is 18.6 Å². The summed E-state index contributed by atoms with van der Waals surface area (Å²) in [5.41, 5.74) is 14.9. The number of nitriles is 4. The molecular weight excluding hydrogens is 1670 g/mol. The first-order valence-corrected chi connectivity index (χ1v) is 38.3. The van der Waals surface area contributed by atoms with Gasteiger partial charge in [0.15, 0.2) is 5.69 Å². The Hall–Kier alpha value is -17.3. The van der Waals surface area contributed by atoms with Crippen LogP contribution in [0.3, 0.4) is 0 Å². The normalized spacial score (nSPS) is 9.21. The summed E-state index contributed by atoms with van der Waals surface area (Å²) in [6, 6.07) is 55.3. The molecule has 12 aromatic heterocycles. The van der Waals surface area contributed by atoms with E-state index >= 15 is 0 Å². The molecule has 0 radical (unpaired) electrons. The van der Waals surface area contributed by atoms with Gasteiger partial charge in [0.25, 0.3) is 0 Å². The molecule has 12 heterocycles. The second-order valence-electron chi connectivity index (χ2n) is 23.2. The summed E-state index contributed by atoms with van der Waals surface area (Å²) in [6.07, 6.45) is 45.7. The molecule has 0 aliphatic rings. The van der Waals surface area contributed by atoms with Crippen LogP contribution in [0.1, 0.15) is 93.1 Å². The van der Waals surface area contributed by atoms with Gasteiger partial charge in [-0.1, -0.05) is 53.6 Å². The summed E-state index contributed by atoms with van der Waals surface area (Å²) in [6.45, 7) is 8.74. The van der Waals surface area contributed by atoms with E-state index in [4.69, 9.17) is 58.7 Å². The Bertz CT molecular complexity index is 5400. The zero-order valence-corrected chi connectivity index (χ0v) is 69.5. The average Bonchev–Trinajstić information content (AvgIpc) is 0.900. The van der Waals surface area contributed by atoms with Crippen molar-refractivity contribution in [2.24, 2.45) is 5.73 Å². The van der Waals surface area contributed by atoms with Crippen molar-refractivity contribution < 1.29 is 73.1 Å². The first kappa shape index (κ1) is 106. The molecule has 0 atom stereocenters. The second-order valence-corrected chi connectivity index (χ2v) is 25.0. The first-order valence-electron chi connectivity index (χ1n) is 36.4. The molecule has 37 heteroatoms. The maximum absolute atomic E-state index is 11.6. The molecule has 13 rings (SSSR count). The maximum atomic E-state index is 11.6. The molecule has 127 heavy (non-hydrogen) atoms. The van der Waals surface area contributed by atoms with Gasteiger partial charge in [-0.2, -0.15) is 21.0 Å². The van der Waals surface area contributed by atoms with Gasteiger partial charge in [-0.15, -0.1) is 16.1 Å². The van der Waals surface area contributed by atoms with Gasteiger partial charge in [0.2, 0.25) is 12.1 Å². The fraction of sp³-hybridized carbons (Fsp3) is 0.100. The van der Waals surface area contributed by atoms with Gasteiger partial charge in [-0.25, -0.2) is 24.5 Å². The third-order valence-corrected chi connectivity index (χ3v) is 15.5. The predicted molar refractivity (Wildman–Crippen MR) is 469 cm³/mol. The molecule has 1 aromatic carbocycles. The summed E-state index contributed by atoms with van der Waals surface area (Å²) in [4.78, 5) is 122. The lowest BCUT2D eigenvalue weighted by Gasteiger charge is -2.03. The number of aromatic carboxylic acids is 1. The molecule has 1 amide bonds. The van der Waals surface area contributed by atoms with Gasteiger partial charge in [0.05, 0.1) is 64.7 Å². The maximum Gasteiger partial charge on any atom is 0.340 e. The smallest absolute Gasteiger partial charge is 0.340 e. The van der Waals surface area contributed by atoms with E-state index in [-0.39, 0.29) is 29.9 Å². The summed E-state index contributed by atoms with van der Waals surface area (Å²) in [5, 5.41) is 79.5. The third kappa shape index (κ3) is 56.8. The number of nitro groups is 1. The van der Waals surface area contributed by atoms with Crippen molar-refractivity contribution >= 4 is 77.4 Å². The predicted octanol–water partition coefficient (Wildman–Crippen LogP) is 14.9. The number of ether oxygens (including phenoxy) is 2. The minimum Gasteiger partial charge on any atom is -0.481 e. The molecule has 0 unspecified atom stereocenters. The average molecular weight is 1750 g/mol. The largest absolute Gasteiger partial charge is 0.481 e. The number of carbonyl (C=O) groups excluding carboxylic acids is 3. The molecular formula is C90H81N19O16S2. The van der Waals surface area contributed by atoms with E-state index in [1.807, 2.05) is 97.9 Å². The Morgan fingerprint density at radius 2 is 1.06 bits per heavy atom. The van der Waals surface area contributed by atoms with Crippen molar-refractivity contribution in [1.82, 2.24) is 59.8 Å². The number of esters is 2. The number of methoxy groups -OCH3 is 1. The SMILES string of the molecule is COC(=O)CCc1cccnc1.Cc1cncc(C#N)c1.N#CCc1cccnc1.N#Cc1ccncc1C#N.NC(=O)c1ccncc1.O=C(O)/C=C/c1ccncc1.O=C(O)CSc1ccncc1.O=C(O)c1ccncc1.O=C(OCc1ccccc1)c1cccnc1.O=[N+]([O-])/C=C/c1cccnc1.OOOSCCc1ccncc1.[C-]#[N+]c1ccncc1. The minimum atomic E-state index is -0.943. The van der Waals surface area contributed by atoms with E-state index in [0.29, 0.717) is 52.8 Å². The number of carboxylic acid groups (broad SMARTS) is 3. The molecule has 0 spiro atoms. The number of nitrogens with zero attached hydrogens (tertiary/aromatic N) is 18. The van der Waals surface area contributed by atoms with Crippen LogP contribution in [0.15, 0.2) is 330 Å². The van der Waals surface area contributed by atoms with Gasteiger partial charge >= 0.3 is 29.8 Å². The van der Waals surface area contributed by atoms with Crippen LogP contribution in [0.4, 0.5) is 5.69 Å². The molecule has 0 saturated heterocycles. The highest BCUT2D eigenvalue weighted by Gasteiger charge is 2.07. The highest BCUT2D eigenvalue weighted by molar-refractivity contribution is 8.00. The number of carbonyl (C=O) groups is 6. The van der Waals surface area contributed by atoms with E-state index in [0.717, 1.165) is 74.8 Å². The van der Waals surface area contributed by atoms with Gasteiger partial charge in [-0.3, -0.25) is 84.3 Å². The zero-order chi connectivity index (χ0) is 92.8. The van der Waals surface area contributed by atoms with Crippen LogP contribution in [0.2, 0.25) is 0 Å². The van der Waals surface area contributed by atoms with Crippen molar-refractivity contribution in [3.8, 4) is 24.3 Å². The summed E-state index contributed by atoms with van der Waals surface area (Å²) in [7, 11) is 1.39. The number of nitrogens with two attached hydrogens (primary N) is 1. The summed E-state index contributed by atoms with van der Waals surface area (Å²) in [5.74, 6) is -2.78. The Balaban J connectivity index is 0.000000471. The Kier molecular flexibility index (Phi) is 58.8. The number of aryl methyl sites for hydroxylation is 3. The van der Waals surface area contributed by atoms with Gasteiger partial charge < -0.3 is 30.5 Å². The van der Waals surface area contributed by atoms with Crippen molar-refractivity contribution in [1.29, 1.82) is 21.0 Å². The molecule has 0 aliphatic heterocycles. The number of rotatable bonds is 21. The first-order chi connectivity index (χ1) is 61.7. The Morgan fingerprint density at radius 3 is 1.50 bits per heavy atom. The molecule has 35 nitrogen and oxygen atoms in total. The monoisotopic (exact) mass is 1750 g/mol. The summed E-state index contributed by atoms with van der Waals surface area (Å²) < 4.78 is 13.9. The standard InChI is InChI=1S/C13H11NO2.C9H11NO2.C8H7NO2.C7H3N3.C7H6N2O2.2C7H6N2.C7H9NO3S.C7H7NO2S.C6H6N2O.C6H4N2.C6H5NO2/c15-13(12-7-4-8-14-9-12)16-10-11-5-2-1-3-6-11;1-12-9(11)5-4-8-3-2-6-10-7-8;10-8(11)2-1-7-3-5-9-6-4-7;8-3-6-1-2-10-5-7(6)4-9;10-9(11)5-3-7-2-1-4-8-6-7;1-6-2-7(3-8)5-9-4-6;8-4-3-7-2-1-5-9-6-7;9-10-11-12-6-3-7-1-4-8-5-2-7;9-7(10)5-11-6-1-3-8-4-2-6;7-6(9)5-1-3-8-4-2-5;1-7-6-2-4-8-5-3-6;8-6(9)5-1-3-7-4-2-5/h1-9H,10H2;2-3,6-7H,4-5H2,1H3;1-6H,(H,10,11);1-2,5H;1-6H;2,4-5H,1H3;1-2,5-6H,3H2;1-2,4-5,9H,3,6H2;1-4H,5H2,(H,9,10);1-4H,(H2,7,9);2-5H;1-4H,(H,8,9)/b;;2-1+;;5-3+;;;;;;;. The van der Waals surface area contributed by atoms with E-state index in [2.05, 4.69) is 78.8 Å². The zero-order valence-electron chi connectivity index (χ0n) is 67.8. The lowest BCUT2D eigenvalue weighted by molar-refractivity contribution is -0.432. The lowest BCUT2D eigenvalue weighted by Crippen LogP contribution is -2.10. The molecule has 0 saturated carbocycles. The fourth-order valence-corrected chi connectivity index (χ4v) is 9.05. The van der Waals surface area contributed by atoms with Crippen LogP contribution in [0, 0.1) is 68.9 Å². The van der Waals surface area contributed by atoms with Gasteiger partial charge in [0, 0.05) is 196 Å². The van der Waals surface area contributed by atoms with E-state index in [1.165, 1.54) is 98.2 Å². The van der Waals surface area contributed by atoms with Crippen LogP contribution >= 0.6 is 23.8 Å². The van der Waals surface area contributed by atoms with E-state index in [9.17, 15) is 38.9 Å². The molecule has 0 bridgehead atoms. The number of hydrogen-bond acceptors (Lipinski definition) is 31. The van der Waals surface area contributed by atoms with Crippen LogP contribution in [0.5, 0.6) is 0 Å². The molecule has 0 fully saturated rings. The number of primary amides is 1. The molecule has 644 valence electrons. The molecule has 6 N–H and O–H groups in total.